The monoisotopic (exact) mass is 406 g/mol. The van der Waals surface area contributed by atoms with Crippen LogP contribution in [0.5, 0.6) is 11.5 Å². The maximum Gasteiger partial charge on any atom is 0.222 e. The molecule has 6 heteroatoms. The molecule has 0 unspecified atom stereocenters. The molecule has 1 aromatic carbocycles. The molecule has 1 rings (SSSR count). The lowest BCUT2D eigenvalue weighted by molar-refractivity contribution is -0.131. The third-order valence-corrected chi connectivity index (χ3v) is 4.48. The minimum Gasteiger partial charge on any atom is -0.490 e. The minimum absolute atomic E-state index is 0.00805. The summed E-state index contributed by atoms with van der Waals surface area (Å²) in [5.41, 5.74) is 1.09. The molecule has 29 heavy (non-hydrogen) atoms. The van der Waals surface area contributed by atoms with Crippen molar-refractivity contribution in [1.82, 2.24) is 10.2 Å². The fourth-order valence-electron chi connectivity index (χ4n) is 3.14. The molecule has 0 saturated heterocycles. The summed E-state index contributed by atoms with van der Waals surface area (Å²) < 4.78 is 11.2. The van der Waals surface area contributed by atoms with Crippen LogP contribution in [0.2, 0.25) is 0 Å². The van der Waals surface area contributed by atoms with Crippen LogP contribution in [-0.2, 0) is 16.0 Å². The van der Waals surface area contributed by atoms with Gasteiger partial charge in [0.1, 0.15) is 0 Å². The van der Waals surface area contributed by atoms with Crippen molar-refractivity contribution in [2.24, 2.45) is 0 Å². The van der Waals surface area contributed by atoms with Crippen LogP contribution < -0.4 is 14.8 Å². The van der Waals surface area contributed by atoms with Crippen LogP contribution in [0.4, 0.5) is 0 Å². The zero-order valence-electron chi connectivity index (χ0n) is 18.6. The number of ether oxygens (including phenoxy) is 2. The average Bonchev–Trinajstić information content (AvgIpc) is 2.70. The van der Waals surface area contributed by atoms with Crippen LogP contribution in [0.1, 0.15) is 65.4 Å². The highest BCUT2D eigenvalue weighted by molar-refractivity contribution is 5.79. The number of nitrogens with zero attached hydrogens (tertiary/aromatic N) is 1. The molecule has 0 heterocycles. The van der Waals surface area contributed by atoms with Gasteiger partial charge in [-0.25, -0.2) is 0 Å². The van der Waals surface area contributed by atoms with Gasteiger partial charge >= 0.3 is 0 Å². The van der Waals surface area contributed by atoms with Crippen molar-refractivity contribution < 1.29 is 19.1 Å². The largest absolute Gasteiger partial charge is 0.490 e. The highest BCUT2D eigenvalue weighted by atomic mass is 16.5. The van der Waals surface area contributed by atoms with Crippen molar-refractivity contribution in [1.29, 1.82) is 0 Å². The van der Waals surface area contributed by atoms with Gasteiger partial charge in [-0.1, -0.05) is 19.9 Å². The lowest BCUT2D eigenvalue weighted by Crippen LogP contribution is -2.32. The molecule has 0 aliphatic carbocycles. The van der Waals surface area contributed by atoms with Crippen LogP contribution >= 0.6 is 0 Å². The molecule has 0 radical (unpaired) electrons. The first-order valence-electron chi connectivity index (χ1n) is 11.0. The SMILES string of the molecule is CCCN(CCC)C(=O)CCCC(=O)NCCc1ccc(OCC)c(OCC)c1. The number of nitrogens with one attached hydrogen (secondary N) is 1. The van der Waals surface area contributed by atoms with Gasteiger partial charge in [-0.2, -0.15) is 0 Å². The van der Waals surface area contributed by atoms with Crippen LogP contribution in [0.3, 0.4) is 0 Å². The molecular formula is C23H38N2O4. The lowest BCUT2D eigenvalue weighted by atomic mass is 10.1. The number of rotatable bonds is 15. The average molecular weight is 407 g/mol. The van der Waals surface area contributed by atoms with Crippen LogP contribution in [0.25, 0.3) is 0 Å². The summed E-state index contributed by atoms with van der Waals surface area (Å²) in [6.45, 7) is 11.4. The van der Waals surface area contributed by atoms with Crippen molar-refractivity contribution in [3.05, 3.63) is 23.8 Å². The van der Waals surface area contributed by atoms with Gasteiger partial charge in [0, 0.05) is 32.5 Å². The first-order valence-corrected chi connectivity index (χ1v) is 11.0. The van der Waals surface area contributed by atoms with Crippen LogP contribution in [0, 0.1) is 0 Å². The molecule has 0 atom stereocenters. The zero-order valence-corrected chi connectivity index (χ0v) is 18.6. The third-order valence-electron chi connectivity index (χ3n) is 4.48. The Morgan fingerprint density at radius 1 is 0.931 bits per heavy atom. The van der Waals surface area contributed by atoms with E-state index in [0.29, 0.717) is 39.0 Å². The predicted molar refractivity (Wildman–Crippen MR) is 117 cm³/mol. The van der Waals surface area contributed by atoms with Gasteiger partial charge in [0.25, 0.3) is 0 Å². The summed E-state index contributed by atoms with van der Waals surface area (Å²) >= 11 is 0. The van der Waals surface area contributed by atoms with Gasteiger partial charge in [0.05, 0.1) is 13.2 Å². The second-order valence-corrected chi connectivity index (χ2v) is 6.98. The minimum atomic E-state index is -0.00805. The third kappa shape index (κ3) is 9.68. The van der Waals surface area contributed by atoms with E-state index in [-0.39, 0.29) is 11.8 Å². The zero-order chi connectivity index (χ0) is 21.5. The van der Waals surface area contributed by atoms with Gasteiger partial charge in [-0.15, -0.1) is 0 Å². The molecule has 0 spiro atoms. The van der Waals surface area contributed by atoms with Crippen LogP contribution in [0.15, 0.2) is 18.2 Å². The maximum absolute atomic E-state index is 12.2. The molecule has 1 aromatic rings. The van der Waals surface area contributed by atoms with E-state index >= 15 is 0 Å². The standard InChI is InChI=1S/C23H38N2O4/c1-5-16-25(17-6-2)23(27)11-9-10-22(26)24-15-14-19-12-13-20(28-7-3)21(18-19)29-8-4/h12-13,18H,5-11,14-17H2,1-4H3,(H,24,26). The van der Waals surface area contributed by atoms with E-state index in [1.54, 1.807) is 0 Å². The number of carbonyl (C=O) groups is 2. The summed E-state index contributed by atoms with van der Waals surface area (Å²) in [5.74, 6) is 1.62. The summed E-state index contributed by atoms with van der Waals surface area (Å²) in [4.78, 5) is 26.2. The summed E-state index contributed by atoms with van der Waals surface area (Å²) in [5, 5.41) is 2.94. The van der Waals surface area contributed by atoms with Gasteiger partial charge in [-0.3, -0.25) is 9.59 Å². The molecule has 0 aliphatic rings. The summed E-state index contributed by atoms with van der Waals surface area (Å²) in [6.07, 6.45) is 4.05. The predicted octanol–water partition coefficient (Wildman–Crippen LogP) is 3.96. The van der Waals surface area contributed by atoms with E-state index in [9.17, 15) is 9.59 Å². The van der Waals surface area contributed by atoms with E-state index in [1.807, 2.05) is 36.9 Å². The molecule has 2 amide bonds. The molecule has 0 saturated carbocycles. The Bertz CT molecular complexity index is 613. The number of carbonyl (C=O) groups excluding carboxylic acids is 2. The molecule has 1 N–H and O–H groups in total. The highest BCUT2D eigenvalue weighted by Gasteiger charge is 2.12. The first-order chi connectivity index (χ1) is 14.0. The van der Waals surface area contributed by atoms with Crippen molar-refractivity contribution >= 4 is 11.8 Å². The second kappa shape index (κ2) is 14.7. The van der Waals surface area contributed by atoms with Crippen molar-refractivity contribution in [2.75, 3.05) is 32.8 Å². The molecular weight excluding hydrogens is 368 g/mol. The summed E-state index contributed by atoms with van der Waals surface area (Å²) in [7, 11) is 0. The molecule has 164 valence electrons. The number of hydrogen-bond acceptors (Lipinski definition) is 4. The number of hydrogen-bond donors (Lipinski definition) is 1. The Kier molecular flexibility index (Phi) is 12.6. The molecule has 0 aliphatic heterocycles. The van der Waals surface area contributed by atoms with Gasteiger partial charge in [0.15, 0.2) is 11.5 Å². The molecule has 0 fully saturated rings. The Morgan fingerprint density at radius 3 is 2.21 bits per heavy atom. The van der Waals surface area contributed by atoms with E-state index in [1.165, 1.54) is 0 Å². The normalized spacial score (nSPS) is 10.5. The van der Waals surface area contributed by atoms with Gasteiger partial charge in [-0.05, 0) is 57.2 Å². The molecule has 6 nitrogen and oxygen atoms in total. The Labute approximate surface area is 175 Å². The fraction of sp³-hybridized carbons (Fsp3) is 0.652. The Morgan fingerprint density at radius 2 is 1.59 bits per heavy atom. The quantitative estimate of drug-likeness (QED) is 0.479. The van der Waals surface area contributed by atoms with Crippen LogP contribution in [-0.4, -0.2) is 49.6 Å². The summed E-state index contributed by atoms with van der Waals surface area (Å²) in [6, 6.07) is 5.87. The van der Waals surface area contributed by atoms with Crippen molar-refractivity contribution in [3.63, 3.8) is 0 Å². The fourth-order valence-corrected chi connectivity index (χ4v) is 3.14. The van der Waals surface area contributed by atoms with E-state index < -0.39 is 0 Å². The van der Waals surface area contributed by atoms with E-state index in [4.69, 9.17) is 9.47 Å². The molecule has 0 aromatic heterocycles. The maximum atomic E-state index is 12.2. The number of benzene rings is 1. The molecule has 0 bridgehead atoms. The number of amides is 2. The van der Waals surface area contributed by atoms with Gasteiger partial charge in [0.2, 0.25) is 11.8 Å². The smallest absolute Gasteiger partial charge is 0.222 e. The second-order valence-electron chi connectivity index (χ2n) is 6.98. The first kappa shape index (κ1) is 24.8. The lowest BCUT2D eigenvalue weighted by Gasteiger charge is -2.21. The van der Waals surface area contributed by atoms with Crippen molar-refractivity contribution in [2.45, 2.75) is 66.2 Å². The Balaban J connectivity index is 2.36. The van der Waals surface area contributed by atoms with Gasteiger partial charge < -0.3 is 19.7 Å². The van der Waals surface area contributed by atoms with E-state index in [0.717, 1.165) is 49.4 Å². The topological polar surface area (TPSA) is 67.9 Å². The van der Waals surface area contributed by atoms with Crippen molar-refractivity contribution in [3.8, 4) is 11.5 Å². The Hall–Kier alpha value is -2.24. The van der Waals surface area contributed by atoms with E-state index in [2.05, 4.69) is 19.2 Å². The highest BCUT2D eigenvalue weighted by Crippen LogP contribution is 2.28.